The van der Waals surface area contributed by atoms with Crippen LogP contribution in [0.3, 0.4) is 0 Å². The number of nitrogens with zero attached hydrogens (tertiary/aromatic N) is 5. The molecule has 0 spiro atoms. The summed E-state index contributed by atoms with van der Waals surface area (Å²) < 4.78 is 8.81. The Morgan fingerprint density at radius 2 is 2.06 bits per heavy atom. The van der Waals surface area contributed by atoms with Crippen LogP contribution in [-0.2, 0) is 11.3 Å². The number of hydrogen-bond donors (Lipinski definition) is 2. The monoisotopic (exact) mass is 443 g/mol. The standard InChI is InChI=1S/C24H25N7O2/c1-33-15-14-30-13-10-19(28-30)16-4-6-18(7-5-16)27-23-22-21(9-12-26-24(22)32)31(29-23)20(8-11-25)17-2-3-17/h4-7,9-10,12-13,17,20H,2-3,8,14-15H2,1H3,(H,26,32)(H,27,29)/t20-/m0/s1. The molecular weight excluding hydrogens is 418 g/mol. The van der Waals surface area contributed by atoms with Crippen LogP contribution in [0.25, 0.3) is 22.2 Å². The first-order chi connectivity index (χ1) is 16.2. The zero-order chi connectivity index (χ0) is 22.8. The van der Waals surface area contributed by atoms with Gasteiger partial charge in [-0.25, -0.2) is 0 Å². The fourth-order valence-corrected chi connectivity index (χ4v) is 4.15. The van der Waals surface area contributed by atoms with Crippen molar-refractivity contribution >= 4 is 22.4 Å². The number of pyridine rings is 1. The Labute approximate surface area is 190 Å². The van der Waals surface area contributed by atoms with Crippen LogP contribution in [0, 0.1) is 17.2 Å². The third-order valence-electron chi connectivity index (χ3n) is 6.02. The minimum Gasteiger partial charge on any atom is -0.383 e. The fraction of sp³-hybridized carbons (Fsp3) is 0.333. The van der Waals surface area contributed by atoms with Gasteiger partial charge in [0, 0.05) is 30.8 Å². The van der Waals surface area contributed by atoms with Gasteiger partial charge in [0.05, 0.1) is 42.9 Å². The Bertz CT molecular complexity index is 1360. The summed E-state index contributed by atoms with van der Waals surface area (Å²) in [4.78, 5) is 15.4. The number of ether oxygens (including phenoxy) is 1. The maximum atomic E-state index is 12.7. The SMILES string of the molecule is COCCn1ccc(-c2ccc(Nc3nn([C@@H](CC#N)C4CC4)c4cc[nH]c(=O)c34)cc2)n1. The third kappa shape index (κ3) is 4.25. The van der Waals surface area contributed by atoms with Gasteiger partial charge in [-0.2, -0.15) is 15.5 Å². The van der Waals surface area contributed by atoms with E-state index in [1.807, 2.05) is 52.0 Å². The molecule has 1 atom stereocenters. The topological polar surface area (TPSA) is 114 Å². The number of H-pyrrole nitrogens is 1. The minimum atomic E-state index is -0.203. The van der Waals surface area contributed by atoms with Crippen molar-refractivity contribution in [3.05, 3.63) is 59.1 Å². The van der Waals surface area contributed by atoms with Gasteiger partial charge in [0.2, 0.25) is 0 Å². The van der Waals surface area contributed by atoms with Crippen LogP contribution < -0.4 is 10.9 Å². The molecule has 0 aliphatic heterocycles. The van der Waals surface area contributed by atoms with Crippen LogP contribution >= 0.6 is 0 Å². The smallest absolute Gasteiger partial charge is 0.261 e. The summed E-state index contributed by atoms with van der Waals surface area (Å²) in [5.74, 6) is 0.926. The van der Waals surface area contributed by atoms with E-state index in [4.69, 9.17) is 9.84 Å². The van der Waals surface area contributed by atoms with Gasteiger partial charge in [0.25, 0.3) is 5.56 Å². The zero-order valence-electron chi connectivity index (χ0n) is 18.4. The number of aromatic nitrogens is 5. The molecule has 0 radical (unpaired) electrons. The maximum Gasteiger partial charge on any atom is 0.261 e. The molecule has 9 heteroatoms. The highest BCUT2D eigenvalue weighted by Crippen LogP contribution is 2.43. The number of anilines is 2. The van der Waals surface area contributed by atoms with Gasteiger partial charge in [0.15, 0.2) is 5.82 Å². The van der Waals surface area contributed by atoms with Crippen molar-refractivity contribution < 1.29 is 4.74 Å². The molecule has 9 nitrogen and oxygen atoms in total. The minimum absolute atomic E-state index is 0.0227. The van der Waals surface area contributed by atoms with Gasteiger partial charge >= 0.3 is 0 Å². The van der Waals surface area contributed by atoms with Gasteiger partial charge in [-0.05, 0) is 43.0 Å². The Balaban J connectivity index is 1.43. The number of nitriles is 1. The van der Waals surface area contributed by atoms with Crippen LogP contribution in [0.4, 0.5) is 11.5 Å². The average Bonchev–Trinajstić information content (AvgIpc) is 3.45. The van der Waals surface area contributed by atoms with Crippen LogP contribution in [0.15, 0.2) is 53.6 Å². The summed E-state index contributed by atoms with van der Waals surface area (Å²) in [7, 11) is 1.67. The zero-order valence-corrected chi connectivity index (χ0v) is 18.4. The molecule has 1 saturated carbocycles. The molecule has 1 aliphatic carbocycles. The highest BCUT2D eigenvalue weighted by atomic mass is 16.5. The van der Waals surface area contributed by atoms with E-state index < -0.39 is 0 Å². The van der Waals surface area contributed by atoms with E-state index in [1.54, 1.807) is 13.3 Å². The molecule has 1 aromatic carbocycles. The molecule has 1 fully saturated rings. The van der Waals surface area contributed by atoms with E-state index in [0.29, 0.717) is 36.7 Å². The Kier molecular flexibility index (Phi) is 5.67. The van der Waals surface area contributed by atoms with Crippen molar-refractivity contribution in [2.75, 3.05) is 19.0 Å². The van der Waals surface area contributed by atoms with Crippen LogP contribution in [0.2, 0.25) is 0 Å². The van der Waals surface area contributed by atoms with E-state index in [-0.39, 0.29) is 11.6 Å². The van der Waals surface area contributed by atoms with Crippen molar-refractivity contribution in [3.63, 3.8) is 0 Å². The highest BCUT2D eigenvalue weighted by molar-refractivity contribution is 5.91. The second kappa shape index (κ2) is 8.92. The molecule has 5 rings (SSSR count). The molecule has 1 aliphatic rings. The summed E-state index contributed by atoms with van der Waals surface area (Å²) in [5, 5.41) is 22.4. The summed E-state index contributed by atoms with van der Waals surface area (Å²) >= 11 is 0. The number of nitrogens with one attached hydrogen (secondary N) is 2. The van der Waals surface area contributed by atoms with E-state index in [9.17, 15) is 10.1 Å². The Hall–Kier alpha value is -3.90. The van der Waals surface area contributed by atoms with E-state index in [2.05, 4.69) is 21.5 Å². The van der Waals surface area contributed by atoms with E-state index in [1.165, 1.54) is 0 Å². The molecule has 0 unspecified atom stereocenters. The third-order valence-corrected chi connectivity index (χ3v) is 6.02. The summed E-state index contributed by atoms with van der Waals surface area (Å²) in [6.07, 6.45) is 6.11. The second-order valence-electron chi connectivity index (χ2n) is 8.29. The molecule has 33 heavy (non-hydrogen) atoms. The fourth-order valence-electron chi connectivity index (χ4n) is 4.15. The Morgan fingerprint density at radius 3 is 2.79 bits per heavy atom. The first-order valence-electron chi connectivity index (χ1n) is 11.0. The molecule has 0 saturated heterocycles. The van der Waals surface area contributed by atoms with Gasteiger partial charge < -0.3 is 15.0 Å². The maximum absolute atomic E-state index is 12.7. The lowest BCUT2D eigenvalue weighted by atomic mass is 10.1. The molecule has 3 aromatic heterocycles. The molecule has 4 aromatic rings. The molecule has 0 bridgehead atoms. The van der Waals surface area contributed by atoms with Crippen molar-refractivity contribution in [1.82, 2.24) is 24.5 Å². The first kappa shape index (κ1) is 21.0. The number of hydrogen-bond acceptors (Lipinski definition) is 6. The van der Waals surface area contributed by atoms with Crippen LogP contribution in [0.5, 0.6) is 0 Å². The van der Waals surface area contributed by atoms with Crippen molar-refractivity contribution in [3.8, 4) is 17.3 Å². The number of rotatable bonds is 9. The normalized spacial score (nSPS) is 14.3. The molecule has 2 N–H and O–H groups in total. The summed E-state index contributed by atoms with van der Waals surface area (Å²) in [5.41, 5.74) is 3.23. The summed E-state index contributed by atoms with van der Waals surface area (Å²) in [6.45, 7) is 1.31. The van der Waals surface area contributed by atoms with Crippen molar-refractivity contribution in [2.24, 2.45) is 5.92 Å². The van der Waals surface area contributed by atoms with E-state index >= 15 is 0 Å². The highest BCUT2D eigenvalue weighted by Gasteiger charge is 2.34. The lowest BCUT2D eigenvalue weighted by Gasteiger charge is -2.14. The van der Waals surface area contributed by atoms with Gasteiger partial charge in [-0.3, -0.25) is 14.2 Å². The van der Waals surface area contributed by atoms with Gasteiger partial charge in [0.1, 0.15) is 5.39 Å². The number of methoxy groups -OCH3 is 1. The predicted octanol–water partition coefficient (Wildman–Crippen LogP) is 3.84. The Morgan fingerprint density at radius 1 is 1.24 bits per heavy atom. The van der Waals surface area contributed by atoms with Crippen molar-refractivity contribution in [1.29, 1.82) is 5.26 Å². The van der Waals surface area contributed by atoms with E-state index in [0.717, 1.165) is 35.3 Å². The van der Waals surface area contributed by atoms with Gasteiger partial charge in [-0.15, -0.1) is 0 Å². The first-order valence-corrected chi connectivity index (χ1v) is 11.0. The quantitative estimate of drug-likeness (QED) is 0.406. The largest absolute Gasteiger partial charge is 0.383 e. The van der Waals surface area contributed by atoms with Crippen LogP contribution in [-0.4, -0.2) is 38.3 Å². The van der Waals surface area contributed by atoms with Crippen molar-refractivity contribution in [2.45, 2.75) is 31.8 Å². The second-order valence-corrected chi connectivity index (χ2v) is 8.29. The lowest BCUT2D eigenvalue weighted by molar-refractivity contribution is 0.183. The molecule has 168 valence electrons. The number of fused-ring (bicyclic) bond motifs is 1. The average molecular weight is 444 g/mol. The number of benzene rings is 1. The summed E-state index contributed by atoms with van der Waals surface area (Å²) in [6, 6.07) is 13.9. The predicted molar refractivity (Wildman–Crippen MR) is 125 cm³/mol. The molecule has 3 heterocycles. The molecular formula is C24H25N7O2. The van der Waals surface area contributed by atoms with Gasteiger partial charge in [-0.1, -0.05) is 12.1 Å². The lowest BCUT2D eigenvalue weighted by Crippen LogP contribution is -2.13. The van der Waals surface area contributed by atoms with Crippen LogP contribution in [0.1, 0.15) is 25.3 Å². The number of aromatic amines is 1. The molecule has 0 amide bonds.